The summed E-state index contributed by atoms with van der Waals surface area (Å²) < 4.78 is 0. The first kappa shape index (κ1) is 15.3. The van der Waals surface area contributed by atoms with Crippen molar-refractivity contribution in [1.29, 1.82) is 0 Å². The van der Waals surface area contributed by atoms with Crippen LogP contribution in [-0.2, 0) is 4.79 Å². The van der Waals surface area contributed by atoms with Gasteiger partial charge in [0.25, 0.3) is 0 Å². The summed E-state index contributed by atoms with van der Waals surface area (Å²) in [5.41, 5.74) is 0. The number of carbonyl (C=O) groups excluding carboxylic acids is 1. The van der Waals surface area contributed by atoms with Gasteiger partial charge in [0, 0.05) is 25.0 Å². The molecular weight excluding hydrogens is 260 g/mol. The molecule has 2 heterocycles. The molecule has 0 aromatic heterocycles. The monoisotopic (exact) mass is 292 g/mol. The molecule has 3 aliphatic rings. The van der Waals surface area contributed by atoms with Crippen LogP contribution in [0.4, 0.5) is 0 Å². The van der Waals surface area contributed by atoms with Gasteiger partial charge in [-0.25, -0.2) is 0 Å². The first-order valence-electron chi connectivity index (χ1n) is 9.37. The van der Waals surface area contributed by atoms with Gasteiger partial charge in [-0.2, -0.15) is 0 Å². The lowest BCUT2D eigenvalue weighted by molar-refractivity contribution is -0.133. The van der Waals surface area contributed by atoms with Crippen molar-refractivity contribution in [2.45, 2.75) is 89.1 Å². The first-order chi connectivity index (χ1) is 10.3. The highest BCUT2D eigenvalue weighted by molar-refractivity contribution is 5.76. The van der Waals surface area contributed by atoms with Gasteiger partial charge in [0.15, 0.2) is 0 Å². The van der Waals surface area contributed by atoms with Crippen LogP contribution < -0.4 is 5.32 Å². The van der Waals surface area contributed by atoms with Crippen LogP contribution in [0, 0.1) is 5.92 Å². The number of amides is 1. The van der Waals surface area contributed by atoms with Crippen LogP contribution in [0.15, 0.2) is 0 Å². The Bertz CT molecular complexity index is 332. The van der Waals surface area contributed by atoms with Crippen LogP contribution in [-0.4, -0.2) is 36.0 Å². The van der Waals surface area contributed by atoms with Crippen molar-refractivity contribution in [3.8, 4) is 0 Å². The maximum absolute atomic E-state index is 12.6. The highest BCUT2D eigenvalue weighted by Crippen LogP contribution is 2.34. The van der Waals surface area contributed by atoms with Gasteiger partial charge in [0.2, 0.25) is 5.91 Å². The van der Waals surface area contributed by atoms with Crippen molar-refractivity contribution < 1.29 is 4.79 Å². The Hall–Kier alpha value is -0.570. The zero-order valence-corrected chi connectivity index (χ0v) is 13.5. The van der Waals surface area contributed by atoms with E-state index in [1.807, 2.05) is 0 Å². The molecule has 2 aliphatic heterocycles. The topological polar surface area (TPSA) is 32.3 Å². The number of carbonyl (C=O) groups is 1. The number of hydrogen-bond acceptors (Lipinski definition) is 2. The lowest BCUT2D eigenvalue weighted by Gasteiger charge is -2.34. The fraction of sp³-hybridized carbons (Fsp3) is 0.944. The lowest BCUT2D eigenvalue weighted by atomic mass is 9.83. The van der Waals surface area contributed by atoms with E-state index in [4.69, 9.17) is 0 Å². The van der Waals surface area contributed by atoms with Crippen molar-refractivity contribution in [3.05, 3.63) is 0 Å². The molecule has 3 nitrogen and oxygen atoms in total. The number of piperidine rings is 1. The van der Waals surface area contributed by atoms with E-state index in [1.54, 1.807) is 0 Å². The third-order valence-electron chi connectivity index (χ3n) is 5.93. The summed E-state index contributed by atoms with van der Waals surface area (Å²) in [6, 6.07) is 1.18. The van der Waals surface area contributed by atoms with Crippen molar-refractivity contribution >= 4 is 5.91 Å². The van der Waals surface area contributed by atoms with Crippen LogP contribution in [0.2, 0.25) is 0 Å². The van der Waals surface area contributed by atoms with E-state index in [0.29, 0.717) is 18.0 Å². The van der Waals surface area contributed by atoms with Crippen molar-refractivity contribution in [2.24, 2.45) is 5.92 Å². The lowest BCUT2D eigenvalue weighted by Crippen LogP contribution is -2.42. The number of likely N-dealkylation sites (tertiary alicyclic amines) is 1. The van der Waals surface area contributed by atoms with Crippen molar-refractivity contribution in [2.75, 3.05) is 13.1 Å². The Balaban J connectivity index is 1.48. The minimum Gasteiger partial charge on any atom is -0.339 e. The third-order valence-corrected chi connectivity index (χ3v) is 5.93. The van der Waals surface area contributed by atoms with E-state index in [2.05, 4.69) is 10.2 Å². The average Bonchev–Trinajstić information content (AvgIpc) is 3.04. The summed E-state index contributed by atoms with van der Waals surface area (Å²) in [6.45, 7) is 2.17. The molecule has 0 aromatic carbocycles. The molecule has 2 atom stereocenters. The predicted molar refractivity (Wildman–Crippen MR) is 86.2 cm³/mol. The predicted octanol–water partition coefficient (Wildman–Crippen LogP) is 3.48. The molecule has 0 bridgehead atoms. The normalized spacial score (nSPS) is 31.5. The van der Waals surface area contributed by atoms with Crippen LogP contribution >= 0.6 is 0 Å². The minimum atomic E-state index is 0.440. The quantitative estimate of drug-likeness (QED) is 0.860. The van der Waals surface area contributed by atoms with Crippen LogP contribution in [0.25, 0.3) is 0 Å². The Morgan fingerprint density at radius 2 is 1.76 bits per heavy atom. The Kier molecular flexibility index (Phi) is 5.56. The maximum atomic E-state index is 12.6. The zero-order valence-electron chi connectivity index (χ0n) is 13.5. The van der Waals surface area contributed by atoms with Crippen LogP contribution in [0.3, 0.4) is 0 Å². The second-order valence-electron chi connectivity index (χ2n) is 7.38. The van der Waals surface area contributed by atoms with Gasteiger partial charge in [-0.15, -0.1) is 0 Å². The SMILES string of the molecule is O=C(CCC1CCCCN1)N1CCCC1C1CCCCC1. The second-order valence-corrected chi connectivity index (χ2v) is 7.38. The fourth-order valence-electron chi connectivity index (χ4n) is 4.72. The minimum absolute atomic E-state index is 0.440. The third kappa shape index (κ3) is 4.00. The zero-order chi connectivity index (χ0) is 14.5. The molecule has 0 radical (unpaired) electrons. The van der Waals surface area contributed by atoms with Crippen molar-refractivity contribution in [1.82, 2.24) is 10.2 Å². The standard InChI is InChI=1S/C18H32N2O/c21-18(12-11-16-9-4-5-13-19-16)20-14-6-10-17(20)15-7-2-1-3-8-15/h15-17,19H,1-14H2. The average molecular weight is 292 g/mol. The molecule has 0 spiro atoms. The van der Waals surface area contributed by atoms with Gasteiger partial charge in [-0.1, -0.05) is 25.7 Å². The highest BCUT2D eigenvalue weighted by atomic mass is 16.2. The van der Waals surface area contributed by atoms with E-state index in [9.17, 15) is 4.79 Å². The van der Waals surface area contributed by atoms with E-state index in [1.165, 1.54) is 64.2 Å². The van der Waals surface area contributed by atoms with Crippen LogP contribution in [0.5, 0.6) is 0 Å². The fourth-order valence-corrected chi connectivity index (χ4v) is 4.72. The summed E-state index contributed by atoms with van der Waals surface area (Å²) in [5.74, 6) is 1.24. The largest absolute Gasteiger partial charge is 0.339 e. The van der Waals surface area contributed by atoms with Crippen LogP contribution in [0.1, 0.15) is 77.0 Å². The van der Waals surface area contributed by atoms with Gasteiger partial charge < -0.3 is 10.2 Å². The maximum Gasteiger partial charge on any atom is 0.222 e. The molecule has 2 unspecified atom stereocenters. The number of nitrogens with one attached hydrogen (secondary N) is 1. The molecule has 3 rings (SSSR count). The highest BCUT2D eigenvalue weighted by Gasteiger charge is 2.34. The molecular formula is C18H32N2O. The molecule has 1 aliphatic carbocycles. The van der Waals surface area contributed by atoms with Crippen molar-refractivity contribution in [3.63, 3.8) is 0 Å². The molecule has 21 heavy (non-hydrogen) atoms. The molecule has 3 fully saturated rings. The van der Waals surface area contributed by atoms with E-state index < -0.39 is 0 Å². The molecule has 2 saturated heterocycles. The van der Waals surface area contributed by atoms with Gasteiger partial charge in [0.05, 0.1) is 0 Å². The Labute approximate surface area is 129 Å². The summed E-state index contributed by atoms with van der Waals surface area (Å²) in [6.07, 6.45) is 15.1. The second kappa shape index (κ2) is 7.62. The van der Waals surface area contributed by atoms with Gasteiger partial charge in [0.1, 0.15) is 0 Å². The first-order valence-corrected chi connectivity index (χ1v) is 9.37. The number of rotatable bonds is 4. The Morgan fingerprint density at radius 1 is 0.952 bits per heavy atom. The molecule has 0 aromatic rings. The van der Waals surface area contributed by atoms with E-state index in [0.717, 1.165) is 31.8 Å². The smallest absolute Gasteiger partial charge is 0.222 e. The van der Waals surface area contributed by atoms with E-state index >= 15 is 0 Å². The molecule has 1 N–H and O–H groups in total. The molecule has 3 heteroatoms. The van der Waals surface area contributed by atoms with Gasteiger partial charge >= 0.3 is 0 Å². The summed E-state index contributed by atoms with van der Waals surface area (Å²) in [5, 5.41) is 3.57. The molecule has 120 valence electrons. The Morgan fingerprint density at radius 3 is 2.52 bits per heavy atom. The summed E-state index contributed by atoms with van der Waals surface area (Å²) in [4.78, 5) is 14.9. The van der Waals surface area contributed by atoms with E-state index in [-0.39, 0.29) is 0 Å². The summed E-state index contributed by atoms with van der Waals surface area (Å²) in [7, 11) is 0. The molecule has 1 saturated carbocycles. The van der Waals surface area contributed by atoms with Gasteiger partial charge in [-0.05, 0) is 57.4 Å². The number of hydrogen-bond donors (Lipinski definition) is 1. The summed E-state index contributed by atoms with van der Waals surface area (Å²) >= 11 is 0. The molecule has 1 amide bonds. The van der Waals surface area contributed by atoms with Gasteiger partial charge in [-0.3, -0.25) is 4.79 Å². The number of nitrogens with zero attached hydrogens (tertiary/aromatic N) is 1.